The third-order valence-electron chi connectivity index (χ3n) is 13.5. The number of pyridine rings is 1. The highest BCUT2D eigenvalue weighted by atomic mass is 32.2. The molecule has 4 heterocycles. The molecule has 5 atom stereocenters. The molecule has 4 amide bonds. The van der Waals surface area contributed by atoms with Gasteiger partial charge in [0.05, 0.1) is 23.9 Å². The number of allylic oxidation sites excluding steroid dienone is 1. The average molecular weight is 828 g/mol. The number of hydrogen-bond donors (Lipinski definition) is 3. The van der Waals surface area contributed by atoms with E-state index < -0.39 is 79.8 Å². The van der Waals surface area contributed by atoms with E-state index in [2.05, 4.69) is 15.0 Å². The Labute approximate surface area is 336 Å². The van der Waals surface area contributed by atoms with Crippen molar-refractivity contribution >= 4 is 44.7 Å². The summed E-state index contributed by atoms with van der Waals surface area (Å²) in [5.74, 6) is -2.28. The van der Waals surface area contributed by atoms with E-state index in [9.17, 15) is 36.7 Å². The zero-order valence-corrected chi connectivity index (χ0v) is 33.6. The van der Waals surface area contributed by atoms with Gasteiger partial charge >= 0.3 is 6.09 Å². The van der Waals surface area contributed by atoms with E-state index in [1.165, 1.54) is 16.9 Å². The molecule has 1 spiro atoms. The lowest BCUT2D eigenvalue weighted by Crippen LogP contribution is -2.59. The minimum atomic E-state index is -4.07. The van der Waals surface area contributed by atoms with Gasteiger partial charge in [0.15, 0.2) is 5.75 Å². The number of alkyl halides is 2. The predicted molar refractivity (Wildman–Crippen MR) is 207 cm³/mol. The maximum absolute atomic E-state index is 15.0. The van der Waals surface area contributed by atoms with E-state index in [1.807, 2.05) is 12.2 Å². The Bertz CT molecular complexity index is 2160. The summed E-state index contributed by atoms with van der Waals surface area (Å²) in [6.07, 6.45) is 6.10. The number of methoxy groups -OCH3 is 1. The molecule has 314 valence electrons. The quantitative estimate of drug-likeness (QED) is 0.292. The van der Waals surface area contributed by atoms with E-state index in [4.69, 9.17) is 9.47 Å². The van der Waals surface area contributed by atoms with Gasteiger partial charge in [-0.3, -0.25) is 24.0 Å². The van der Waals surface area contributed by atoms with Crippen LogP contribution in [0.1, 0.15) is 108 Å². The molecule has 14 nitrogen and oxygen atoms in total. The monoisotopic (exact) mass is 827 g/mol. The van der Waals surface area contributed by atoms with Crippen molar-refractivity contribution in [1.29, 1.82) is 0 Å². The largest absolute Gasteiger partial charge is 0.497 e. The molecule has 0 bridgehead atoms. The number of fused-ring (bicyclic) bond motifs is 5. The van der Waals surface area contributed by atoms with Crippen molar-refractivity contribution in [3.63, 3.8) is 0 Å². The van der Waals surface area contributed by atoms with Gasteiger partial charge in [0.25, 0.3) is 12.3 Å². The molecular formula is C41H51F2N5O9S. The van der Waals surface area contributed by atoms with Crippen molar-refractivity contribution in [2.24, 2.45) is 11.8 Å². The SMILES string of the molecule is COc1ccc2nc(C(F)F)c3c(c2c1)CC[C@]1(C[C@H]2C(=O)N[C@]4(C(=O)NS(=O)(=O)C5(C)CC5)C[C@H]4/C=C\CCCCC[C@H](N(CC4CCC4)C(=O)O)C(=O)N2C1)O3. The van der Waals surface area contributed by atoms with Crippen LogP contribution in [0.25, 0.3) is 10.9 Å². The lowest BCUT2D eigenvalue weighted by Gasteiger charge is -2.38. The lowest BCUT2D eigenvalue weighted by atomic mass is 9.84. The number of nitrogens with zero attached hydrogens (tertiary/aromatic N) is 3. The van der Waals surface area contributed by atoms with Crippen LogP contribution in [0.5, 0.6) is 11.5 Å². The van der Waals surface area contributed by atoms with Crippen LogP contribution in [-0.2, 0) is 30.8 Å². The molecule has 3 N–H and O–H groups in total. The van der Waals surface area contributed by atoms with Crippen LogP contribution >= 0.6 is 0 Å². The number of ether oxygens (including phenoxy) is 2. The molecule has 0 radical (unpaired) electrons. The second kappa shape index (κ2) is 14.9. The van der Waals surface area contributed by atoms with Crippen molar-refractivity contribution in [3.8, 4) is 11.5 Å². The summed E-state index contributed by atoms with van der Waals surface area (Å²) in [5, 5.41) is 13.9. The molecule has 0 unspecified atom stereocenters. The zero-order chi connectivity index (χ0) is 41.2. The average Bonchev–Trinajstić information content (AvgIpc) is 4.06. The molecule has 3 saturated carbocycles. The number of amides is 4. The Hall–Kier alpha value is -4.54. The number of rotatable bonds is 8. The van der Waals surface area contributed by atoms with Crippen molar-refractivity contribution in [2.45, 2.75) is 131 Å². The standard InChI is InChI=1S/C41H51F2N5O9S/c1-39(17-18-39)58(54,55)46-37(51)41-20-25(41)11-6-4-3-5-7-12-30(47(38(52)53)22-24-9-8-10-24)36(50)48-23-40(21-31(48)35(49)45-41)16-15-27-28-19-26(56-2)13-14-29(28)44-32(34(42)43)33(27)57-40/h6,11,13-14,19,24-25,30-31,34H,3-5,7-10,12,15-18,20-23H2,1-2H3,(H,45,49)(H,46,51)(H,52,53)/b11-6-/t25-,30+,31+,40-,41-/m1/s1. The summed E-state index contributed by atoms with van der Waals surface area (Å²) < 4.78 is 69.1. The molecule has 3 aliphatic heterocycles. The molecule has 6 aliphatic rings. The summed E-state index contributed by atoms with van der Waals surface area (Å²) in [4.78, 5) is 63.4. The molecule has 1 aromatic heterocycles. The van der Waals surface area contributed by atoms with Crippen LogP contribution in [-0.4, -0.2) is 100 Å². The highest BCUT2D eigenvalue weighted by molar-refractivity contribution is 7.91. The number of benzene rings is 1. The van der Waals surface area contributed by atoms with Crippen molar-refractivity contribution in [1.82, 2.24) is 24.8 Å². The number of halogens is 2. The minimum Gasteiger partial charge on any atom is -0.497 e. The first-order valence-corrected chi connectivity index (χ1v) is 21.9. The molecule has 2 aromatic rings. The molecule has 17 heteroatoms. The Balaban J connectivity index is 1.18. The molecule has 3 aliphatic carbocycles. The van der Waals surface area contributed by atoms with Crippen molar-refractivity contribution in [3.05, 3.63) is 41.6 Å². The summed E-state index contributed by atoms with van der Waals surface area (Å²) in [6.45, 7) is 1.50. The van der Waals surface area contributed by atoms with Crippen LogP contribution in [0, 0.1) is 11.8 Å². The van der Waals surface area contributed by atoms with Gasteiger partial charge in [0, 0.05) is 29.8 Å². The summed E-state index contributed by atoms with van der Waals surface area (Å²) in [7, 11) is -2.57. The topological polar surface area (TPSA) is 185 Å². The van der Waals surface area contributed by atoms with E-state index in [0.29, 0.717) is 54.3 Å². The number of carbonyl (C=O) groups excluding carboxylic acids is 3. The highest BCUT2D eigenvalue weighted by Crippen LogP contribution is 2.50. The Morgan fingerprint density at radius 2 is 1.90 bits per heavy atom. The second-order valence-corrected chi connectivity index (χ2v) is 19.6. The van der Waals surface area contributed by atoms with Crippen molar-refractivity contribution in [2.75, 3.05) is 20.2 Å². The molecule has 1 saturated heterocycles. The van der Waals surface area contributed by atoms with Gasteiger partial charge in [0.1, 0.15) is 34.7 Å². The van der Waals surface area contributed by atoms with E-state index in [0.717, 1.165) is 25.7 Å². The predicted octanol–water partition coefficient (Wildman–Crippen LogP) is 5.39. The molecule has 8 rings (SSSR count). The molecule has 1 aromatic carbocycles. The Kier molecular flexibility index (Phi) is 10.4. The van der Waals surface area contributed by atoms with Gasteiger partial charge in [-0.1, -0.05) is 31.4 Å². The second-order valence-electron chi connectivity index (χ2n) is 17.4. The van der Waals surface area contributed by atoms with Crippen LogP contribution in [0.3, 0.4) is 0 Å². The number of hydrogen-bond acceptors (Lipinski definition) is 9. The zero-order valence-electron chi connectivity index (χ0n) is 32.8. The smallest absolute Gasteiger partial charge is 0.407 e. The van der Waals surface area contributed by atoms with Crippen LogP contribution in [0.2, 0.25) is 0 Å². The number of carbonyl (C=O) groups is 4. The van der Waals surface area contributed by atoms with Crippen molar-refractivity contribution < 1.29 is 51.0 Å². The van der Waals surface area contributed by atoms with Crippen LogP contribution in [0.15, 0.2) is 30.4 Å². The maximum atomic E-state index is 15.0. The summed E-state index contributed by atoms with van der Waals surface area (Å²) >= 11 is 0. The van der Waals surface area contributed by atoms with E-state index in [1.54, 1.807) is 25.1 Å². The summed E-state index contributed by atoms with van der Waals surface area (Å²) in [6, 6.07) is 2.49. The third-order valence-corrected chi connectivity index (χ3v) is 15.7. The summed E-state index contributed by atoms with van der Waals surface area (Å²) in [5.41, 5.74) is -2.73. The maximum Gasteiger partial charge on any atom is 0.407 e. The first kappa shape index (κ1) is 40.2. The third kappa shape index (κ3) is 7.25. The van der Waals surface area contributed by atoms with Gasteiger partial charge in [-0.15, -0.1) is 0 Å². The molecule has 58 heavy (non-hydrogen) atoms. The van der Waals surface area contributed by atoms with E-state index >= 15 is 4.79 Å². The number of aryl methyl sites for hydroxylation is 1. The van der Waals surface area contributed by atoms with Gasteiger partial charge < -0.3 is 24.8 Å². The minimum absolute atomic E-state index is 0.0981. The molecular weight excluding hydrogens is 777 g/mol. The first-order valence-electron chi connectivity index (χ1n) is 20.4. The number of nitrogens with one attached hydrogen (secondary N) is 2. The first-order chi connectivity index (χ1) is 27.6. The lowest BCUT2D eigenvalue weighted by molar-refractivity contribution is -0.143. The normalized spacial score (nSPS) is 30.1. The van der Waals surface area contributed by atoms with Crippen LogP contribution < -0.4 is 19.5 Å². The van der Waals surface area contributed by atoms with Gasteiger partial charge in [0.2, 0.25) is 21.8 Å². The van der Waals surface area contributed by atoms with Gasteiger partial charge in [-0.25, -0.2) is 27.0 Å². The van der Waals surface area contributed by atoms with Gasteiger partial charge in [-0.05, 0) is 95.2 Å². The number of aromatic nitrogens is 1. The molecule has 4 fully saturated rings. The van der Waals surface area contributed by atoms with Gasteiger partial charge in [-0.2, -0.15) is 0 Å². The fourth-order valence-corrected chi connectivity index (χ4v) is 10.5. The van der Waals surface area contributed by atoms with E-state index in [-0.39, 0.29) is 56.9 Å². The Morgan fingerprint density at radius 1 is 1.12 bits per heavy atom. The number of sulfonamides is 1. The fourth-order valence-electron chi connectivity index (χ4n) is 9.24. The number of carboxylic acid groups (broad SMARTS) is 1. The van der Waals surface area contributed by atoms with Crippen LogP contribution in [0.4, 0.5) is 13.6 Å². The highest BCUT2D eigenvalue weighted by Gasteiger charge is 2.64. The fraction of sp³-hybridized carbons (Fsp3) is 0.634. The Morgan fingerprint density at radius 3 is 2.57 bits per heavy atom.